The quantitative estimate of drug-likeness (QED) is 0.435. The van der Waals surface area contributed by atoms with Crippen molar-refractivity contribution in [2.45, 2.75) is 26.8 Å². The molecule has 0 aliphatic rings. The number of benzene rings is 1. The third-order valence-electron chi connectivity index (χ3n) is 2.61. The lowest BCUT2D eigenvalue weighted by Crippen LogP contribution is -2.15. The number of hydrazone groups is 1. The average Bonchev–Trinajstić information content (AvgIpc) is 2.63. The molecule has 1 aromatic carbocycles. The highest BCUT2D eigenvalue weighted by molar-refractivity contribution is 5.83. The van der Waals surface area contributed by atoms with Crippen molar-refractivity contribution in [2.24, 2.45) is 10.8 Å². The van der Waals surface area contributed by atoms with Crippen molar-refractivity contribution in [3.8, 4) is 0 Å². The second kappa shape index (κ2) is 4.66. The number of nitrogens with one attached hydrogen (secondary N) is 1. The Labute approximate surface area is 106 Å². The van der Waals surface area contributed by atoms with E-state index in [4.69, 9.17) is 11.6 Å². The number of hydrogen-bond acceptors (Lipinski definition) is 5. The van der Waals surface area contributed by atoms with E-state index in [0.29, 0.717) is 5.95 Å². The minimum atomic E-state index is -0.100. The molecule has 0 aliphatic heterocycles. The number of aromatic nitrogens is 2. The van der Waals surface area contributed by atoms with Crippen LogP contribution in [0.4, 0.5) is 5.95 Å². The molecule has 1 atom stereocenters. The summed E-state index contributed by atoms with van der Waals surface area (Å²) in [5.41, 5.74) is 12.3. The van der Waals surface area contributed by atoms with Gasteiger partial charge in [-0.2, -0.15) is 5.10 Å². The highest BCUT2D eigenvalue weighted by Gasteiger charge is 2.13. The molecule has 2 aromatic rings. The predicted octanol–water partition coefficient (Wildman–Crippen LogP) is 1.58. The van der Waals surface area contributed by atoms with E-state index in [9.17, 15) is 0 Å². The second-order valence-corrected chi connectivity index (χ2v) is 4.48. The first-order valence-corrected chi connectivity index (χ1v) is 5.79. The van der Waals surface area contributed by atoms with Crippen LogP contribution in [-0.4, -0.2) is 15.4 Å². The number of imidazole rings is 1. The SMILES string of the molecule is CC(C)=NNc1nc2cccc(C(C)N)c2n1N. The molecule has 0 saturated carbocycles. The summed E-state index contributed by atoms with van der Waals surface area (Å²) in [6.07, 6.45) is 0. The second-order valence-electron chi connectivity index (χ2n) is 4.48. The summed E-state index contributed by atoms with van der Waals surface area (Å²) < 4.78 is 1.49. The Bertz CT molecular complexity index is 592. The van der Waals surface area contributed by atoms with Crippen LogP contribution in [0.1, 0.15) is 32.4 Å². The first kappa shape index (κ1) is 12.4. The summed E-state index contributed by atoms with van der Waals surface area (Å²) >= 11 is 0. The fraction of sp³-hybridized carbons (Fsp3) is 0.333. The van der Waals surface area contributed by atoms with Gasteiger partial charge >= 0.3 is 0 Å². The number of nitrogens with two attached hydrogens (primary N) is 2. The lowest BCUT2D eigenvalue weighted by molar-refractivity contribution is 0.819. The normalized spacial score (nSPS) is 12.4. The number of anilines is 1. The molecule has 0 fully saturated rings. The molecule has 0 saturated heterocycles. The Morgan fingerprint density at radius 2 is 2.17 bits per heavy atom. The van der Waals surface area contributed by atoms with Crippen LogP contribution in [0.5, 0.6) is 0 Å². The molecule has 0 aliphatic carbocycles. The smallest absolute Gasteiger partial charge is 0.243 e. The highest BCUT2D eigenvalue weighted by atomic mass is 15.5. The molecule has 1 aromatic heterocycles. The maximum Gasteiger partial charge on any atom is 0.243 e. The van der Waals surface area contributed by atoms with Gasteiger partial charge in [-0.05, 0) is 32.4 Å². The van der Waals surface area contributed by atoms with E-state index < -0.39 is 0 Å². The zero-order valence-electron chi connectivity index (χ0n) is 10.8. The van der Waals surface area contributed by atoms with Gasteiger partial charge in [0.15, 0.2) is 0 Å². The van der Waals surface area contributed by atoms with Crippen molar-refractivity contribution in [3.05, 3.63) is 23.8 Å². The van der Waals surface area contributed by atoms with Crippen LogP contribution in [0.25, 0.3) is 11.0 Å². The van der Waals surface area contributed by atoms with Crippen LogP contribution in [0.2, 0.25) is 0 Å². The molecular weight excluding hydrogens is 228 g/mol. The Morgan fingerprint density at radius 1 is 1.44 bits per heavy atom. The van der Waals surface area contributed by atoms with Gasteiger partial charge in [0.2, 0.25) is 5.95 Å². The zero-order valence-corrected chi connectivity index (χ0v) is 10.8. The van der Waals surface area contributed by atoms with Gasteiger partial charge in [-0.25, -0.2) is 15.1 Å². The first-order chi connectivity index (χ1) is 8.50. The van der Waals surface area contributed by atoms with E-state index >= 15 is 0 Å². The van der Waals surface area contributed by atoms with Gasteiger partial charge in [0.1, 0.15) is 0 Å². The molecule has 0 radical (unpaired) electrons. The van der Waals surface area contributed by atoms with Crippen molar-refractivity contribution in [3.63, 3.8) is 0 Å². The van der Waals surface area contributed by atoms with Crippen LogP contribution in [-0.2, 0) is 0 Å². The van der Waals surface area contributed by atoms with Crippen molar-refractivity contribution >= 4 is 22.7 Å². The fourth-order valence-electron chi connectivity index (χ4n) is 1.78. The van der Waals surface area contributed by atoms with Gasteiger partial charge in [-0.3, -0.25) is 0 Å². The lowest BCUT2D eigenvalue weighted by atomic mass is 10.1. The van der Waals surface area contributed by atoms with Gasteiger partial charge in [0.05, 0.1) is 11.0 Å². The summed E-state index contributed by atoms with van der Waals surface area (Å²) in [4.78, 5) is 4.39. The van der Waals surface area contributed by atoms with Gasteiger partial charge < -0.3 is 11.6 Å². The molecule has 5 N–H and O–H groups in total. The molecule has 1 heterocycles. The third kappa shape index (κ3) is 2.14. The van der Waals surface area contributed by atoms with Crippen LogP contribution >= 0.6 is 0 Å². The summed E-state index contributed by atoms with van der Waals surface area (Å²) in [5, 5.41) is 4.10. The van der Waals surface area contributed by atoms with Crippen LogP contribution in [0.15, 0.2) is 23.3 Å². The van der Waals surface area contributed by atoms with Crippen LogP contribution in [0, 0.1) is 0 Å². The van der Waals surface area contributed by atoms with Crippen molar-refractivity contribution in [1.29, 1.82) is 0 Å². The Morgan fingerprint density at radius 3 is 2.78 bits per heavy atom. The van der Waals surface area contributed by atoms with E-state index in [-0.39, 0.29) is 6.04 Å². The molecule has 6 heteroatoms. The van der Waals surface area contributed by atoms with E-state index in [1.54, 1.807) is 0 Å². The topological polar surface area (TPSA) is 94.2 Å². The van der Waals surface area contributed by atoms with Crippen molar-refractivity contribution < 1.29 is 0 Å². The van der Waals surface area contributed by atoms with E-state index in [2.05, 4.69) is 15.5 Å². The number of nitrogens with zero attached hydrogens (tertiary/aromatic N) is 3. The number of fused-ring (bicyclic) bond motifs is 1. The maximum atomic E-state index is 6.03. The Hall–Kier alpha value is -2.08. The van der Waals surface area contributed by atoms with Crippen LogP contribution in [0.3, 0.4) is 0 Å². The van der Waals surface area contributed by atoms with Gasteiger partial charge in [-0.15, -0.1) is 0 Å². The van der Waals surface area contributed by atoms with Gasteiger partial charge in [-0.1, -0.05) is 12.1 Å². The van der Waals surface area contributed by atoms with Gasteiger partial charge in [0, 0.05) is 11.8 Å². The molecule has 6 nitrogen and oxygen atoms in total. The molecule has 18 heavy (non-hydrogen) atoms. The Balaban J connectivity index is 2.56. The fourth-order valence-corrected chi connectivity index (χ4v) is 1.78. The van der Waals surface area contributed by atoms with E-state index in [0.717, 1.165) is 22.3 Å². The molecule has 2 rings (SSSR count). The van der Waals surface area contributed by atoms with E-state index in [1.165, 1.54) is 4.68 Å². The third-order valence-corrected chi connectivity index (χ3v) is 2.61. The highest BCUT2D eigenvalue weighted by Crippen LogP contribution is 2.24. The molecule has 1 unspecified atom stereocenters. The number of nitrogen functional groups attached to an aromatic ring is 1. The average molecular weight is 246 g/mol. The zero-order chi connectivity index (χ0) is 13.3. The number of rotatable bonds is 3. The minimum absolute atomic E-state index is 0.100. The minimum Gasteiger partial charge on any atom is -0.336 e. The predicted molar refractivity (Wildman–Crippen MR) is 74.9 cm³/mol. The summed E-state index contributed by atoms with van der Waals surface area (Å²) in [5.74, 6) is 6.53. The molecule has 0 amide bonds. The molecule has 0 spiro atoms. The van der Waals surface area contributed by atoms with Crippen LogP contribution < -0.4 is 17.0 Å². The summed E-state index contributed by atoms with van der Waals surface area (Å²) in [6.45, 7) is 5.71. The first-order valence-electron chi connectivity index (χ1n) is 5.79. The molecule has 0 bridgehead atoms. The van der Waals surface area contributed by atoms with Crippen molar-refractivity contribution in [2.75, 3.05) is 11.3 Å². The van der Waals surface area contributed by atoms with E-state index in [1.807, 2.05) is 39.0 Å². The monoisotopic (exact) mass is 246 g/mol. The standard InChI is InChI=1S/C12H18N6/c1-7(2)16-17-12-15-10-6-4-5-9(8(3)13)11(10)18(12)14/h4-6,8H,13-14H2,1-3H3,(H,15,17). The molecule has 96 valence electrons. The lowest BCUT2D eigenvalue weighted by Gasteiger charge is -2.08. The molecular formula is C12H18N6. The maximum absolute atomic E-state index is 6.03. The van der Waals surface area contributed by atoms with Gasteiger partial charge in [0.25, 0.3) is 0 Å². The number of para-hydroxylation sites is 1. The Kier molecular flexibility index (Phi) is 3.20. The van der Waals surface area contributed by atoms with Crippen molar-refractivity contribution in [1.82, 2.24) is 9.66 Å². The largest absolute Gasteiger partial charge is 0.336 e. The summed E-state index contributed by atoms with van der Waals surface area (Å²) in [6, 6.07) is 5.68. The summed E-state index contributed by atoms with van der Waals surface area (Å²) in [7, 11) is 0. The number of hydrogen-bond donors (Lipinski definition) is 3.